The van der Waals surface area contributed by atoms with Crippen LogP contribution in [0.25, 0.3) is 0 Å². The van der Waals surface area contributed by atoms with Crippen molar-refractivity contribution in [3.63, 3.8) is 0 Å². The Hall–Kier alpha value is -1.00. The average molecular weight is 245 g/mol. The van der Waals surface area contributed by atoms with Gasteiger partial charge in [0, 0.05) is 9.92 Å². The molecule has 0 spiro atoms. The summed E-state index contributed by atoms with van der Waals surface area (Å²) in [6.45, 7) is 1.27. The van der Waals surface area contributed by atoms with Crippen molar-refractivity contribution in [2.45, 2.75) is 17.1 Å². The molecule has 80 valence electrons. The lowest BCUT2D eigenvalue weighted by Gasteiger charge is -2.07. The zero-order chi connectivity index (χ0) is 11.4. The average Bonchev–Trinajstić information content (AvgIpc) is 2.15. The highest BCUT2D eigenvalue weighted by molar-refractivity contribution is 8.01. The van der Waals surface area contributed by atoms with Crippen molar-refractivity contribution in [1.29, 1.82) is 0 Å². The third-order valence-electron chi connectivity index (χ3n) is 1.66. The highest BCUT2D eigenvalue weighted by atomic mass is 35.5. The number of carbonyl (C=O) groups excluding carboxylic acids is 1. The Morgan fingerprint density at radius 1 is 1.33 bits per heavy atom. The lowest BCUT2D eigenvalue weighted by atomic mass is 10.3. The van der Waals surface area contributed by atoms with Crippen LogP contribution in [-0.2, 0) is 9.59 Å². The summed E-state index contributed by atoms with van der Waals surface area (Å²) in [5.41, 5.74) is 0. The molecule has 1 atom stereocenters. The van der Waals surface area contributed by atoms with Crippen molar-refractivity contribution in [3.8, 4) is 0 Å². The van der Waals surface area contributed by atoms with Gasteiger partial charge in [0.05, 0.1) is 0 Å². The number of carboxylic acids is 1. The van der Waals surface area contributed by atoms with E-state index in [1.807, 2.05) is 0 Å². The molecule has 15 heavy (non-hydrogen) atoms. The molecule has 1 aromatic carbocycles. The van der Waals surface area contributed by atoms with Crippen molar-refractivity contribution in [1.82, 2.24) is 0 Å². The van der Waals surface area contributed by atoms with Crippen LogP contribution in [0.5, 0.6) is 0 Å². The van der Waals surface area contributed by atoms with Gasteiger partial charge < -0.3 is 5.11 Å². The van der Waals surface area contributed by atoms with Crippen LogP contribution >= 0.6 is 23.4 Å². The number of aliphatic carboxylic acids is 1. The minimum atomic E-state index is -1.12. The third kappa shape index (κ3) is 3.57. The maximum absolute atomic E-state index is 11.0. The van der Waals surface area contributed by atoms with Crippen LogP contribution in [0.2, 0.25) is 5.02 Å². The standard InChI is InChI=1S/C10H9ClO3S/c1-6(12)9(10(13)14)15-8-4-2-7(11)3-5-8/h2-5,9H,1H3,(H,13,14). The smallest absolute Gasteiger partial charge is 0.324 e. The maximum atomic E-state index is 11.0. The van der Waals surface area contributed by atoms with Gasteiger partial charge in [-0.15, -0.1) is 11.8 Å². The second-order valence-electron chi connectivity index (χ2n) is 2.90. The van der Waals surface area contributed by atoms with Crippen molar-refractivity contribution < 1.29 is 14.7 Å². The Kier molecular flexibility index (Phi) is 4.17. The van der Waals surface area contributed by atoms with E-state index in [0.29, 0.717) is 9.92 Å². The molecular formula is C10H9ClO3S. The van der Waals surface area contributed by atoms with Gasteiger partial charge in [-0.25, -0.2) is 0 Å². The van der Waals surface area contributed by atoms with E-state index in [4.69, 9.17) is 16.7 Å². The number of carbonyl (C=O) groups is 2. The fraction of sp³-hybridized carbons (Fsp3) is 0.200. The highest BCUT2D eigenvalue weighted by Crippen LogP contribution is 2.25. The van der Waals surface area contributed by atoms with E-state index >= 15 is 0 Å². The minimum Gasteiger partial charge on any atom is -0.480 e. The molecule has 0 fully saturated rings. The number of hydrogen-bond donors (Lipinski definition) is 1. The lowest BCUT2D eigenvalue weighted by Crippen LogP contribution is -2.24. The second kappa shape index (κ2) is 5.19. The lowest BCUT2D eigenvalue weighted by molar-refractivity contribution is -0.138. The first-order valence-electron chi connectivity index (χ1n) is 4.16. The Balaban J connectivity index is 2.79. The zero-order valence-electron chi connectivity index (χ0n) is 7.94. The van der Waals surface area contributed by atoms with E-state index < -0.39 is 11.2 Å². The van der Waals surface area contributed by atoms with Crippen molar-refractivity contribution >= 4 is 35.1 Å². The molecule has 0 amide bonds. The fourth-order valence-electron chi connectivity index (χ4n) is 0.957. The summed E-state index contributed by atoms with van der Waals surface area (Å²) >= 11 is 6.69. The first kappa shape index (κ1) is 12.1. The number of ketones is 1. The number of rotatable bonds is 4. The summed E-state index contributed by atoms with van der Waals surface area (Å²) in [6, 6.07) is 6.68. The van der Waals surface area contributed by atoms with E-state index in [1.54, 1.807) is 24.3 Å². The van der Waals surface area contributed by atoms with Crippen LogP contribution in [0.4, 0.5) is 0 Å². The normalized spacial score (nSPS) is 12.1. The van der Waals surface area contributed by atoms with Crippen molar-refractivity contribution in [2.24, 2.45) is 0 Å². The van der Waals surface area contributed by atoms with Gasteiger partial charge in [-0.1, -0.05) is 11.6 Å². The summed E-state index contributed by atoms with van der Waals surface area (Å²) in [5.74, 6) is -1.50. The summed E-state index contributed by atoms with van der Waals surface area (Å²) in [7, 11) is 0. The van der Waals surface area contributed by atoms with Crippen LogP contribution in [0, 0.1) is 0 Å². The van der Waals surface area contributed by atoms with Crippen LogP contribution in [-0.4, -0.2) is 22.1 Å². The molecule has 0 radical (unpaired) electrons. The largest absolute Gasteiger partial charge is 0.480 e. The zero-order valence-corrected chi connectivity index (χ0v) is 9.51. The van der Waals surface area contributed by atoms with Gasteiger partial charge in [0.1, 0.15) is 0 Å². The van der Waals surface area contributed by atoms with E-state index in [-0.39, 0.29) is 5.78 Å². The topological polar surface area (TPSA) is 54.4 Å². The van der Waals surface area contributed by atoms with Crippen LogP contribution in [0.3, 0.4) is 0 Å². The number of carboxylic acid groups (broad SMARTS) is 1. The molecule has 1 N–H and O–H groups in total. The number of Topliss-reactive ketones (excluding diaryl/α,β-unsaturated/α-hetero) is 1. The minimum absolute atomic E-state index is 0.373. The maximum Gasteiger partial charge on any atom is 0.324 e. The molecule has 0 bridgehead atoms. The highest BCUT2D eigenvalue weighted by Gasteiger charge is 2.23. The number of benzene rings is 1. The Bertz CT molecular complexity index is 361. The number of hydrogen-bond acceptors (Lipinski definition) is 3. The van der Waals surface area contributed by atoms with Crippen LogP contribution in [0.15, 0.2) is 29.2 Å². The van der Waals surface area contributed by atoms with Gasteiger partial charge in [0.25, 0.3) is 0 Å². The molecule has 0 saturated carbocycles. The van der Waals surface area contributed by atoms with Gasteiger partial charge in [0.2, 0.25) is 0 Å². The molecule has 0 heterocycles. The summed E-state index contributed by atoms with van der Waals surface area (Å²) < 4.78 is 0. The monoisotopic (exact) mass is 244 g/mol. The Morgan fingerprint density at radius 2 is 1.87 bits per heavy atom. The first-order valence-corrected chi connectivity index (χ1v) is 5.42. The molecule has 0 aliphatic carbocycles. The summed E-state index contributed by atoms with van der Waals surface area (Å²) in [5, 5.41) is 8.32. The molecule has 0 saturated heterocycles. The quantitative estimate of drug-likeness (QED) is 0.653. The number of halogens is 1. The van der Waals surface area contributed by atoms with E-state index in [9.17, 15) is 9.59 Å². The van der Waals surface area contributed by atoms with Gasteiger partial charge in [-0.2, -0.15) is 0 Å². The number of thioether (sulfide) groups is 1. The third-order valence-corrected chi connectivity index (χ3v) is 3.23. The predicted molar refractivity (Wildman–Crippen MR) is 59.4 cm³/mol. The van der Waals surface area contributed by atoms with Gasteiger partial charge in [0.15, 0.2) is 11.0 Å². The summed E-state index contributed by atoms with van der Waals surface area (Å²) in [4.78, 5) is 22.5. The summed E-state index contributed by atoms with van der Waals surface area (Å²) in [6.07, 6.45) is 0. The molecule has 1 unspecified atom stereocenters. The Morgan fingerprint density at radius 3 is 2.27 bits per heavy atom. The molecule has 5 heteroatoms. The molecular weight excluding hydrogens is 236 g/mol. The predicted octanol–water partition coefficient (Wildman–Crippen LogP) is 2.47. The molecule has 0 aliphatic heterocycles. The SMILES string of the molecule is CC(=O)C(Sc1ccc(Cl)cc1)C(=O)O. The van der Waals surface area contributed by atoms with Crippen LogP contribution in [0.1, 0.15) is 6.92 Å². The van der Waals surface area contributed by atoms with E-state index in [0.717, 1.165) is 11.8 Å². The van der Waals surface area contributed by atoms with Crippen molar-refractivity contribution in [3.05, 3.63) is 29.3 Å². The fourth-order valence-corrected chi connectivity index (χ4v) is 1.91. The molecule has 3 nitrogen and oxygen atoms in total. The second-order valence-corrected chi connectivity index (χ2v) is 4.52. The Labute approximate surface area is 96.4 Å². The molecule has 1 aromatic rings. The molecule has 0 aliphatic rings. The van der Waals surface area contributed by atoms with Gasteiger partial charge in [-0.3, -0.25) is 9.59 Å². The first-order chi connectivity index (χ1) is 7.00. The van der Waals surface area contributed by atoms with E-state index in [1.165, 1.54) is 6.92 Å². The van der Waals surface area contributed by atoms with Crippen LogP contribution < -0.4 is 0 Å². The van der Waals surface area contributed by atoms with E-state index in [2.05, 4.69) is 0 Å². The van der Waals surface area contributed by atoms with Crippen molar-refractivity contribution in [2.75, 3.05) is 0 Å². The molecule has 0 aromatic heterocycles. The van der Waals surface area contributed by atoms with Gasteiger partial charge >= 0.3 is 5.97 Å². The molecule has 1 rings (SSSR count). The van der Waals surface area contributed by atoms with Gasteiger partial charge in [-0.05, 0) is 31.2 Å².